The molecule has 4 aliphatic rings. The predicted octanol–water partition coefficient (Wildman–Crippen LogP) is 2.98. The minimum absolute atomic E-state index is 0.118. The van der Waals surface area contributed by atoms with E-state index < -0.39 is 0 Å². The zero-order chi connectivity index (χ0) is 16.6. The van der Waals surface area contributed by atoms with Gasteiger partial charge in [-0.2, -0.15) is 0 Å². The topological polar surface area (TPSA) is 45.6 Å². The predicted molar refractivity (Wildman–Crippen MR) is 99.2 cm³/mol. The van der Waals surface area contributed by atoms with Gasteiger partial charge in [-0.25, -0.2) is 0 Å². The van der Waals surface area contributed by atoms with Crippen LogP contribution in [0.4, 0.5) is 0 Å². The van der Waals surface area contributed by atoms with Crippen LogP contribution in [0, 0.1) is 11.8 Å². The second-order valence-electron chi connectivity index (χ2n) is 7.50. The number of benzene rings is 1. The van der Waals surface area contributed by atoms with Crippen LogP contribution in [-0.2, 0) is 4.74 Å². The van der Waals surface area contributed by atoms with Gasteiger partial charge in [-0.15, -0.1) is 0 Å². The van der Waals surface area contributed by atoms with E-state index >= 15 is 0 Å². The average molecular weight is 335 g/mol. The number of amidine groups is 1. The normalized spacial score (nSPS) is 36.7. The lowest BCUT2D eigenvalue weighted by molar-refractivity contribution is 0.0374. The fraction of sp³-hybridized carbons (Fsp3) is 0.476. The van der Waals surface area contributed by atoms with Crippen molar-refractivity contribution in [1.82, 2.24) is 10.6 Å². The highest BCUT2D eigenvalue weighted by Gasteiger charge is 2.44. The van der Waals surface area contributed by atoms with Gasteiger partial charge in [0, 0.05) is 11.5 Å². The maximum absolute atomic E-state index is 6.30. The molecule has 0 aromatic heterocycles. The van der Waals surface area contributed by atoms with Crippen LogP contribution in [0.3, 0.4) is 0 Å². The standard InChI is InChI=1S/C21H25N3O/c1-2-6-14(7-3-1)20-22-13-23-21(24-20)15-10-11-19-17(12-15)16-8-4-5-9-18(16)25-19/h1-3,6-7,10-12,16-19,21,23H,4-5,8-9,13H2,(H,22,24). The highest BCUT2D eigenvalue weighted by atomic mass is 16.5. The van der Waals surface area contributed by atoms with Gasteiger partial charge in [0.1, 0.15) is 12.0 Å². The van der Waals surface area contributed by atoms with Gasteiger partial charge in [0.25, 0.3) is 0 Å². The summed E-state index contributed by atoms with van der Waals surface area (Å²) in [4.78, 5) is 4.60. The molecule has 0 amide bonds. The number of nitrogens with one attached hydrogen (secondary N) is 2. The van der Waals surface area contributed by atoms with Crippen molar-refractivity contribution in [1.29, 1.82) is 0 Å². The second-order valence-corrected chi connectivity index (χ2v) is 7.50. The van der Waals surface area contributed by atoms with Crippen molar-refractivity contribution < 1.29 is 4.74 Å². The van der Waals surface area contributed by atoms with Gasteiger partial charge in [-0.1, -0.05) is 61.4 Å². The van der Waals surface area contributed by atoms with E-state index in [1.165, 1.54) is 31.3 Å². The third kappa shape index (κ3) is 2.83. The largest absolute Gasteiger partial charge is 0.370 e. The highest BCUT2D eigenvalue weighted by Crippen LogP contribution is 2.44. The third-order valence-electron chi connectivity index (χ3n) is 6.02. The molecule has 2 aliphatic heterocycles. The molecular weight excluding hydrogens is 310 g/mol. The molecule has 1 aromatic carbocycles. The molecule has 0 bridgehead atoms. The van der Waals surface area contributed by atoms with Crippen LogP contribution in [0.25, 0.3) is 0 Å². The summed E-state index contributed by atoms with van der Waals surface area (Å²) in [6.07, 6.45) is 13.1. The lowest BCUT2D eigenvalue weighted by Crippen LogP contribution is -2.51. The Labute approximate surface area is 149 Å². The summed E-state index contributed by atoms with van der Waals surface area (Å²) in [6, 6.07) is 10.4. The molecule has 1 aromatic rings. The molecule has 0 spiro atoms. The second kappa shape index (κ2) is 6.43. The SMILES string of the molecule is C1=CC2OC3CCCCC3C2C=C1C1NCN=C(c2ccccc2)N1. The van der Waals surface area contributed by atoms with Crippen molar-refractivity contribution in [2.45, 2.75) is 44.1 Å². The van der Waals surface area contributed by atoms with Crippen LogP contribution in [0.2, 0.25) is 0 Å². The molecular formula is C21H25N3O. The van der Waals surface area contributed by atoms with Gasteiger partial charge in [0.05, 0.1) is 18.9 Å². The Kier molecular flexibility index (Phi) is 3.95. The first-order valence-corrected chi connectivity index (χ1v) is 9.54. The molecule has 0 radical (unpaired) electrons. The third-order valence-corrected chi connectivity index (χ3v) is 6.02. The molecule has 2 heterocycles. The van der Waals surface area contributed by atoms with Crippen molar-refractivity contribution >= 4 is 5.84 Å². The summed E-state index contributed by atoms with van der Waals surface area (Å²) in [5.41, 5.74) is 2.46. The summed E-state index contributed by atoms with van der Waals surface area (Å²) in [5, 5.41) is 7.05. The highest BCUT2D eigenvalue weighted by molar-refractivity contribution is 5.99. The first kappa shape index (κ1) is 15.4. The van der Waals surface area contributed by atoms with E-state index in [2.05, 4.69) is 58.1 Å². The Morgan fingerprint density at radius 2 is 1.96 bits per heavy atom. The average Bonchev–Trinajstić information content (AvgIpc) is 3.07. The molecule has 2 N–H and O–H groups in total. The summed E-state index contributed by atoms with van der Waals surface area (Å²) < 4.78 is 6.30. The minimum Gasteiger partial charge on any atom is -0.370 e. The van der Waals surface area contributed by atoms with Crippen LogP contribution in [0.15, 0.2) is 59.1 Å². The molecule has 2 aliphatic carbocycles. The number of rotatable bonds is 2. The fourth-order valence-corrected chi connectivity index (χ4v) is 4.76. The molecule has 5 rings (SSSR count). The van der Waals surface area contributed by atoms with Crippen LogP contribution in [-0.4, -0.2) is 30.9 Å². The number of hydrogen-bond acceptors (Lipinski definition) is 4. The van der Waals surface area contributed by atoms with Gasteiger partial charge in [0.2, 0.25) is 0 Å². The van der Waals surface area contributed by atoms with Gasteiger partial charge < -0.3 is 10.1 Å². The molecule has 2 fully saturated rings. The van der Waals surface area contributed by atoms with E-state index in [1.807, 2.05) is 6.07 Å². The van der Waals surface area contributed by atoms with E-state index in [1.54, 1.807) is 0 Å². The van der Waals surface area contributed by atoms with E-state index in [4.69, 9.17) is 4.74 Å². The molecule has 130 valence electrons. The zero-order valence-electron chi connectivity index (χ0n) is 14.4. The van der Waals surface area contributed by atoms with E-state index in [-0.39, 0.29) is 12.3 Å². The Bertz CT molecular complexity index is 724. The smallest absolute Gasteiger partial charge is 0.131 e. The summed E-state index contributed by atoms with van der Waals surface area (Å²) in [7, 11) is 0. The number of hydrogen-bond donors (Lipinski definition) is 2. The Hall–Kier alpha value is -1.91. The minimum atomic E-state index is 0.118. The Morgan fingerprint density at radius 3 is 2.88 bits per heavy atom. The molecule has 1 saturated carbocycles. The Morgan fingerprint density at radius 1 is 1.08 bits per heavy atom. The van der Waals surface area contributed by atoms with Crippen LogP contribution in [0.5, 0.6) is 0 Å². The lowest BCUT2D eigenvalue weighted by Gasteiger charge is -2.31. The van der Waals surface area contributed by atoms with E-state index in [0.717, 1.165) is 11.4 Å². The summed E-state index contributed by atoms with van der Waals surface area (Å²) in [5.74, 6) is 2.21. The molecule has 25 heavy (non-hydrogen) atoms. The molecule has 1 saturated heterocycles. The first-order chi connectivity index (χ1) is 12.4. The van der Waals surface area contributed by atoms with Crippen molar-refractivity contribution in [3.05, 3.63) is 59.7 Å². The van der Waals surface area contributed by atoms with Crippen LogP contribution >= 0.6 is 0 Å². The lowest BCUT2D eigenvalue weighted by atomic mass is 9.76. The van der Waals surface area contributed by atoms with E-state index in [9.17, 15) is 0 Å². The monoisotopic (exact) mass is 335 g/mol. The summed E-state index contributed by atoms with van der Waals surface area (Å²) >= 11 is 0. The van der Waals surface area contributed by atoms with Gasteiger partial charge >= 0.3 is 0 Å². The van der Waals surface area contributed by atoms with Crippen LogP contribution < -0.4 is 10.6 Å². The number of aliphatic imine (C=N–C) groups is 1. The summed E-state index contributed by atoms with van der Waals surface area (Å²) in [6.45, 7) is 0.643. The van der Waals surface area contributed by atoms with Crippen molar-refractivity contribution in [3.63, 3.8) is 0 Å². The fourth-order valence-electron chi connectivity index (χ4n) is 4.76. The van der Waals surface area contributed by atoms with Crippen molar-refractivity contribution in [2.24, 2.45) is 16.8 Å². The number of nitrogens with zero attached hydrogens (tertiary/aromatic N) is 1. The molecule has 4 nitrogen and oxygen atoms in total. The zero-order valence-corrected chi connectivity index (χ0v) is 14.4. The van der Waals surface area contributed by atoms with Gasteiger partial charge in [-0.3, -0.25) is 10.3 Å². The number of ether oxygens (including phenoxy) is 1. The molecule has 5 atom stereocenters. The maximum Gasteiger partial charge on any atom is 0.131 e. The first-order valence-electron chi connectivity index (χ1n) is 9.54. The van der Waals surface area contributed by atoms with Gasteiger partial charge in [0.15, 0.2) is 0 Å². The molecule has 4 heteroatoms. The van der Waals surface area contributed by atoms with Crippen molar-refractivity contribution in [3.8, 4) is 0 Å². The Balaban J connectivity index is 1.35. The van der Waals surface area contributed by atoms with E-state index in [0.29, 0.717) is 24.6 Å². The maximum atomic E-state index is 6.30. The van der Waals surface area contributed by atoms with Crippen LogP contribution in [0.1, 0.15) is 31.2 Å². The number of fused-ring (bicyclic) bond motifs is 3. The van der Waals surface area contributed by atoms with Gasteiger partial charge in [-0.05, 0) is 24.3 Å². The quantitative estimate of drug-likeness (QED) is 0.873. The van der Waals surface area contributed by atoms with Crippen molar-refractivity contribution in [2.75, 3.05) is 6.67 Å². The molecule has 5 unspecified atom stereocenters.